The standard InChI is InChI=1S/C14H10Br3NO3/c1-21-13-6-11(9(16)5-10(13)17)18-14(20)8-4-7(15)2-3-12(8)19/h2-6,19H,1H3,(H,18,20). The molecule has 21 heavy (non-hydrogen) atoms. The molecule has 0 unspecified atom stereocenters. The van der Waals surface area contributed by atoms with E-state index in [1.807, 2.05) is 0 Å². The number of methoxy groups -OCH3 is 1. The number of benzene rings is 2. The summed E-state index contributed by atoms with van der Waals surface area (Å²) >= 11 is 10.0. The van der Waals surface area contributed by atoms with Gasteiger partial charge in [-0.05, 0) is 56.1 Å². The maximum Gasteiger partial charge on any atom is 0.259 e. The number of phenolic OH excluding ortho intramolecular Hbond substituents is 1. The molecule has 0 aliphatic rings. The molecule has 2 rings (SSSR count). The molecular weight excluding hydrogens is 470 g/mol. The molecule has 0 saturated heterocycles. The van der Waals surface area contributed by atoms with Crippen LogP contribution in [-0.2, 0) is 0 Å². The summed E-state index contributed by atoms with van der Waals surface area (Å²) in [5.74, 6) is 0.0849. The predicted molar refractivity (Wildman–Crippen MR) is 92.2 cm³/mol. The second-order valence-corrected chi connectivity index (χ2v) is 6.71. The van der Waals surface area contributed by atoms with Crippen LogP contribution in [0, 0.1) is 0 Å². The van der Waals surface area contributed by atoms with Gasteiger partial charge in [-0.25, -0.2) is 0 Å². The van der Waals surface area contributed by atoms with Crippen LogP contribution in [0.15, 0.2) is 43.7 Å². The highest BCUT2D eigenvalue weighted by Gasteiger charge is 2.15. The number of halogens is 3. The third-order valence-corrected chi connectivity index (χ3v) is 4.46. The highest BCUT2D eigenvalue weighted by atomic mass is 79.9. The number of hydrogen-bond donors (Lipinski definition) is 2. The molecule has 2 aromatic rings. The van der Waals surface area contributed by atoms with E-state index in [9.17, 15) is 9.90 Å². The van der Waals surface area contributed by atoms with Gasteiger partial charge >= 0.3 is 0 Å². The molecule has 0 radical (unpaired) electrons. The van der Waals surface area contributed by atoms with E-state index in [2.05, 4.69) is 53.1 Å². The Labute approximate surface area is 146 Å². The predicted octanol–water partition coefficient (Wildman–Crippen LogP) is 4.94. The minimum absolute atomic E-state index is 0.0871. The Bertz CT molecular complexity index is 704. The Balaban J connectivity index is 2.33. The number of anilines is 1. The van der Waals surface area contributed by atoms with Gasteiger partial charge in [0, 0.05) is 15.0 Å². The monoisotopic (exact) mass is 477 g/mol. The van der Waals surface area contributed by atoms with Crippen molar-refractivity contribution in [3.8, 4) is 11.5 Å². The Kier molecular flexibility index (Phi) is 5.29. The van der Waals surface area contributed by atoms with Crippen molar-refractivity contribution < 1.29 is 14.6 Å². The molecule has 2 N–H and O–H groups in total. The first-order valence-corrected chi connectivity index (χ1v) is 8.13. The van der Waals surface area contributed by atoms with E-state index < -0.39 is 5.91 Å². The summed E-state index contributed by atoms with van der Waals surface area (Å²) in [5.41, 5.74) is 0.720. The van der Waals surface area contributed by atoms with Crippen molar-refractivity contribution in [1.29, 1.82) is 0 Å². The molecule has 2 aromatic carbocycles. The average molecular weight is 480 g/mol. The van der Waals surface area contributed by atoms with Gasteiger partial charge in [-0.2, -0.15) is 0 Å². The second kappa shape index (κ2) is 6.81. The van der Waals surface area contributed by atoms with Crippen molar-refractivity contribution in [2.75, 3.05) is 12.4 Å². The largest absolute Gasteiger partial charge is 0.507 e. The molecule has 0 saturated carbocycles. The SMILES string of the molecule is COc1cc(NC(=O)c2cc(Br)ccc2O)c(Br)cc1Br. The first-order valence-electron chi connectivity index (χ1n) is 5.75. The highest BCUT2D eigenvalue weighted by Crippen LogP contribution is 2.35. The number of carbonyl (C=O) groups excluding carboxylic acids is 1. The van der Waals surface area contributed by atoms with E-state index in [4.69, 9.17) is 4.74 Å². The van der Waals surface area contributed by atoms with E-state index in [1.165, 1.54) is 6.07 Å². The van der Waals surface area contributed by atoms with E-state index >= 15 is 0 Å². The fourth-order valence-electron chi connectivity index (χ4n) is 1.66. The topological polar surface area (TPSA) is 58.6 Å². The van der Waals surface area contributed by atoms with E-state index in [0.717, 1.165) is 4.47 Å². The lowest BCUT2D eigenvalue weighted by molar-refractivity contribution is 0.102. The maximum absolute atomic E-state index is 12.3. The number of phenols is 1. The van der Waals surface area contributed by atoms with Crippen LogP contribution in [0.2, 0.25) is 0 Å². The second-order valence-electron chi connectivity index (χ2n) is 4.08. The summed E-state index contributed by atoms with van der Waals surface area (Å²) in [6.45, 7) is 0. The lowest BCUT2D eigenvalue weighted by Gasteiger charge is -2.12. The van der Waals surface area contributed by atoms with Gasteiger partial charge in [-0.15, -0.1) is 0 Å². The number of nitrogens with one attached hydrogen (secondary N) is 1. The van der Waals surface area contributed by atoms with Crippen LogP contribution in [0.3, 0.4) is 0 Å². The summed E-state index contributed by atoms with van der Waals surface area (Å²) in [4.78, 5) is 12.3. The molecule has 0 heterocycles. The van der Waals surface area contributed by atoms with Crippen LogP contribution >= 0.6 is 47.8 Å². The molecule has 0 aliphatic heterocycles. The smallest absolute Gasteiger partial charge is 0.259 e. The minimum atomic E-state index is -0.418. The maximum atomic E-state index is 12.3. The molecule has 7 heteroatoms. The molecule has 110 valence electrons. The third kappa shape index (κ3) is 3.78. The first kappa shape index (κ1) is 16.3. The van der Waals surface area contributed by atoms with Gasteiger partial charge in [-0.1, -0.05) is 15.9 Å². The Morgan fingerprint density at radius 3 is 2.52 bits per heavy atom. The van der Waals surface area contributed by atoms with E-state index in [-0.39, 0.29) is 11.3 Å². The fourth-order valence-corrected chi connectivity index (χ4v) is 3.28. The average Bonchev–Trinajstić information content (AvgIpc) is 2.44. The summed E-state index contributed by atoms with van der Waals surface area (Å²) in [6.07, 6.45) is 0. The zero-order chi connectivity index (χ0) is 15.6. The van der Waals surface area contributed by atoms with Gasteiger partial charge < -0.3 is 15.2 Å². The van der Waals surface area contributed by atoms with Crippen molar-refractivity contribution >= 4 is 59.4 Å². The van der Waals surface area contributed by atoms with E-state index in [1.54, 1.807) is 31.4 Å². The molecule has 0 aliphatic carbocycles. The van der Waals surface area contributed by atoms with E-state index in [0.29, 0.717) is 20.4 Å². The number of ether oxygens (including phenoxy) is 1. The van der Waals surface area contributed by atoms with Crippen molar-refractivity contribution in [1.82, 2.24) is 0 Å². The van der Waals surface area contributed by atoms with Gasteiger partial charge in [0.05, 0.1) is 22.8 Å². The lowest BCUT2D eigenvalue weighted by atomic mass is 10.2. The molecular formula is C14H10Br3NO3. The fraction of sp³-hybridized carbons (Fsp3) is 0.0714. The van der Waals surface area contributed by atoms with Crippen LogP contribution in [0.4, 0.5) is 5.69 Å². The normalized spacial score (nSPS) is 10.3. The molecule has 0 aromatic heterocycles. The zero-order valence-corrected chi connectivity index (χ0v) is 15.5. The number of aromatic hydroxyl groups is 1. The zero-order valence-electron chi connectivity index (χ0n) is 10.8. The molecule has 0 fully saturated rings. The van der Waals surface area contributed by atoms with Gasteiger partial charge in [-0.3, -0.25) is 4.79 Å². The van der Waals surface area contributed by atoms with Gasteiger partial charge in [0.1, 0.15) is 11.5 Å². The molecule has 0 atom stereocenters. The Morgan fingerprint density at radius 1 is 1.14 bits per heavy atom. The number of amides is 1. The lowest BCUT2D eigenvalue weighted by Crippen LogP contribution is -2.12. The first-order chi connectivity index (χ1) is 9.92. The van der Waals surface area contributed by atoms with Crippen molar-refractivity contribution in [3.63, 3.8) is 0 Å². The quantitative estimate of drug-likeness (QED) is 0.655. The van der Waals surface area contributed by atoms with Gasteiger partial charge in [0.25, 0.3) is 5.91 Å². The van der Waals surface area contributed by atoms with Crippen LogP contribution < -0.4 is 10.1 Å². The Morgan fingerprint density at radius 2 is 1.86 bits per heavy atom. The van der Waals surface area contributed by atoms with Crippen LogP contribution in [0.1, 0.15) is 10.4 Å². The number of hydrogen-bond acceptors (Lipinski definition) is 3. The van der Waals surface area contributed by atoms with Crippen LogP contribution in [0.25, 0.3) is 0 Å². The highest BCUT2D eigenvalue weighted by molar-refractivity contribution is 9.11. The van der Waals surface area contributed by atoms with Crippen LogP contribution in [0.5, 0.6) is 11.5 Å². The van der Waals surface area contributed by atoms with Gasteiger partial charge in [0.2, 0.25) is 0 Å². The molecule has 1 amide bonds. The van der Waals surface area contributed by atoms with Crippen molar-refractivity contribution in [2.24, 2.45) is 0 Å². The molecule has 4 nitrogen and oxygen atoms in total. The summed E-state index contributed by atoms with van der Waals surface area (Å²) in [6, 6.07) is 8.12. The minimum Gasteiger partial charge on any atom is -0.507 e. The molecule has 0 spiro atoms. The van der Waals surface area contributed by atoms with Gasteiger partial charge in [0.15, 0.2) is 0 Å². The number of rotatable bonds is 3. The van der Waals surface area contributed by atoms with Crippen molar-refractivity contribution in [2.45, 2.75) is 0 Å². The summed E-state index contributed by atoms with van der Waals surface area (Å²) < 4.78 is 7.36. The summed E-state index contributed by atoms with van der Waals surface area (Å²) in [7, 11) is 1.54. The van der Waals surface area contributed by atoms with Crippen LogP contribution in [-0.4, -0.2) is 18.1 Å². The van der Waals surface area contributed by atoms with Crippen molar-refractivity contribution in [3.05, 3.63) is 49.3 Å². The Hall–Kier alpha value is -1.05. The molecule has 0 bridgehead atoms. The number of carbonyl (C=O) groups is 1. The summed E-state index contributed by atoms with van der Waals surface area (Å²) in [5, 5.41) is 12.5. The third-order valence-electron chi connectivity index (χ3n) is 2.69.